The second-order valence-electron chi connectivity index (χ2n) is 3.84. The number of carbonyl (C=O) groups is 2. The maximum atomic E-state index is 11.7. The van der Waals surface area contributed by atoms with Crippen LogP contribution in [0.4, 0.5) is 0 Å². The van der Waals surface area contributed by atoms with E-state index >= 15 is 0 Å². The van der Waals surface area contributed by atoms with Crippen molar-refractivity contribution in [3.8, 4) is 0 Å². The number of esters is 1. The Morgan fingerprint density at radius 2 is 1.94 bits per heavy atom. The minimum Gasteiger partial charge on any atom is -0.464 e. The van der Waals surface area contributed by atoms with E-state index in [0.29, 0.717) is 11.4 Å². The number of ether oxygens (including phenoxy) is 1. The summed E-state index contributed by atoms with van der Waals surface area (Å²) in [6.07, 6.45) is 0.385. The first-order chi connectivity index (χ1) is 8.52. The van der Waals surface area contributed by atoms with Crippen LogP contribution in [0.15, 0.2) is 24.3 Å². The van der Waals surface area contributed by atoms with Crippen molar-refractivity contribution in [2.24, 2.45) is 0 Å². The average Bonchev–Trinajstić information content (AvgIpc) is 2.31. The van der Waals surface area contributed by atoms with Crippen molar-refractivity contribution in [1.82, 2.24) is 5.32 Å². The lowest BCUT2D eigenvalue weighted by molar-refractivity contribution is -0.147. The third-order valence-electron chi connectivity index (χ3n) is 2.30. The summed E-state index contributed by atoms with van der Waals surface area (Å²) in [5.41, 5.74) is 0.909. The Morgan fingerprint density at radius 3 is 2.44 bits per heavy atom. The van der Waals surface area contributed by atoms with Crippen LogP contribution in [-0.2, 0) is 20.7 Å². The van der Waals surface area contributed by atoms with E-state index < -0.39 is 12.0 Å². The van der Waals surface area contributed by atoms with E-state index in [1.165, 1.54) is 6.92 Å². The Labute approximate surface area is 111 Å². The lowest BCUT2D eigenvalue weighted by Gasteiger charge is -2.16. The number of carbonyl (C=O) groups excluding carboxylic acids is 2. The number of hydrogen-bond donors (Lipinski definition) is 1. The average molecular weight is 270 g/mol. The molecule has 98 valence electrons. The molecule has 1 rings (SSSR count). The highest BCUT2D eigenvalue weighted by Gasteiger charge is 2.20. The predicted octanol–water partition coefficient (Wildman–Crippen LogP) is 1.95. The zero-order valence-electron chi connectivity index (χ0n) is 10.4. The SMILES string of the molecule is CCOC(=O)[C@@H](Cc1ccc(Cl)cc1)NC(C)=O. The van der Waals surface area contributed by atoms with Crippen molar-refractivity contribution < 1.29 is 14.3 Å². The largest absolute Gasteiger partial charge is 0.464 e. The van der Waals surface area contributed by atoms with Gasteiger partial charge >= 0.3 is 5.97 Å². The van der Waals surface area contributed by atoms with Gasteiger partial charge in [0.05, 0.1) is 6.61 Å². The summed E-state index contributed by atoms with van der Waals surface area (Å²) in [5.74, 6) is -0.690. The Kier molecular flexibility index (Phi) is 5.65. The highest BCUT2D eigenvalue weighted by Crippen LogP contribution is 2.11. The standard InChI is InChI=1S/C13H16ClNO3/c1-3-18-13(17)12(15-9(2)16)8-10-4-6-11(14)7-5-10/h4-7,12H,3,8H2,1-2H3,(H,15,16)/t12-/m1/s1. The number of benzene rings is 1. The molecule has 0 aliphatic rings. The van der Waals surface area contributed by atoms with Crippen LogP contribution in [0.2, 0.25) is 5.02 Å². The molecule has 0 aliphatic heterocycles. The molecule has 0 aromatic heterocycles. The van der Waals surface area contributed by atoms with Gasteiger partial charge in [-0.1, -0.05) is 23.7 Å². The summed E-state index contributed by atoms with van der Waals surface area (Å²) in [6.45, 7) is 3.38. The van der Waals surface area contributed by atoms with Gasteiger partial charge in [-0.15, -0.1) is 0 Å². The highest BCUT2D eigenvalue weighted by atomic mass is 35.5. The van der Waals surface area contributed by atoms with Crippen molar-refractivity contribution in [3.05, 3.63) is 34.9 Å². The van der Waals surface area contributed by atoms with E-state index in [2.05, 4.69) is 5.32 Å². The topological polar surface area (TPSA) is 55.4 Å². The Hall–Kier alpha value is -1.55. The molecule has 1 aromatic rings. The minimum absolute atomic E-state index is 0.262. The van der Waals surface area contributed by atoms with Gasteiger partial charge in [0.25, 0.3) is 0 Å². The maximum Gasteiger partial charge on any atom is 0.328 e. The molecular weight excluding hydrogens is 254 g/mol. The number of rotatable bonds is 5. The van der Waals surface area contributed by atoms with Crippen LogP contribution >= 0.6 is 11.6 Å². The van der Waals surface area contributed by atoms with Gasteiger partial charge in [-0.05, 0) is 24.6 Å². The van der Waals surface area contributed by atoms with Gasteiger partial charge in [-0.25, -0.2) is 4.79 Å². The first kappa shape index (κ1) is 14.5. The fourth-order valence-corrected chi connectivity index (χ4v) is 1.66. The molecule has 18 heavy (non-hydrogen) atoms. The Balaban J connectivity index is 2.74. The number of hydrogen-bond acceptors (Lipinski definition) is 3. The lowest BCUT2D eigenvalue weighted by atomic mass is 10.1. The van der Waals surface area contributed by atoms with Gasteiger partial charge in [0.2, 0.25) is 5.91 Å². The van der Waals surface area contributed by atoms with Gasteiger partial charge in [0.1, 0.15) is 6.04 Å². The van der Waals surface area contributed by atoms with Crippen LogP contribution in [0.1, 0.15) is 19.4 Å². The number of amides is 1. The second-order valence-corrected chi connectivity index (χ2v) is 4.27. The molecule has 0 saturated carbocycles. The van der Waals surface area contributed by atoms with Gasteiger partial charge in [0, 0.05) is 18.4 Å². The Bertz CT molecular complexity index is 417. The van der Waals surface area contributed by atoms with Crippen LogP contribution in [0.3, 0.4) is 0 Å². The number of nitrogens with one attached hydrogen (secondary N) is 1. The minimum atomic E-state index is -0.663. The molecular formula is C13H16ClNO3. The van der Waals surface area contributed by atoms with Crippen LogP contribution in [0.25, 0.3) is 0 Å². The van der Waals surface area contributed by atoms with E-state index in [-0.39, 0.29) is 12.5 Å². The smallest absolute Gasteiger partial charge is 0.328 e. The first-order valence-electron chi connectivity index (χ1n) is 5.71. The van der Waals surface area contributed by atoms with Crippen molar-refractivity contribution in [2.45, 2.75) is 26.3 Å². The first-order valence-corrected chi connectivity index (χ1v) is 6.09. The van der Waals surface area contributed by atoms with Gasteiger partial charge in [-0.2, -0.15) is 0 Å². The molecule has 0 aliphatic carbocycles. The summed E-state index contributed by atoms with van der Waals surface area (Å²) in [4.78, 5) is 22.8. The van der Waals surface area contributed by atoms with Crippen LogP contribution in [0.5, 0.6) is 0 Å². The fraction of sp³-hybridized carbons (Fsp3) is 0.385. The monoisotopic (exact) mass is 269 g/mol. The third kappa shape index (κ3) is 4.75. The quantitative estimate of drug-likeness (QED) is 0.832. The van der Waals surface area contributed by atoms with Crippen molar-refractivity contribution in [1.29, 1.82) is 0 Å². The molecule has 0 radical (unpaired) electrons. The lowest BCUT2D eigenvalue weighted by Crippen LogP contribution is -2.42. The van der Waals surface area contributed by atoms with E-state index in [4.69, 9.17) is 16.3 Å². The second kappa shape index (κ2) is 7.01. The van der Waals surface area contributed by atoms with Crippen molar-refractivity contribution >= 4 is 23.5 Å². The van der Waals surface area contributed by atoms with Crippen LogP contribution in [-0.4, -0.2) is 24.5 Å². The third-order valence-corrected chi connectivity index (χ3v) is 2.55. The zero-order chi connectivity index (χ0) is 13.5. The molecule has 1 amide bonds. The molecule has 0 heterocycles. The van der Waals surface area contributed by atoms with E-state index in [0.717, 1.165) is 5.56 Å². The van der Waals surface area contributed by atoms with E-state index in [9.17, 15) is 9.59 Å². The predicted molar refractivity (Wildman–Crippen MR) is 69.4 cm³/mol. The molecule has 0 unspecified atom stereocenters. The molecule has 1 atom stereocenters. The summed E-state index contributed by atoms with van der Waals surface area (Å²) < 4.78 is 4.92. The zero-order valence-corrected chi connectivity index (χ0v) is 11.2. The van der Waals surface area contributed by atoms with Crippen molar-refractivity contribution in [3.63, 3.8) is 0 Å². The Morgan fingerprint density at radius 1 is 1.33 bits per heavy atom. The molecule has 0 bridgehead atoms. The molecule has 1 aromatic carbocycles. The van der Waals surface area contributed by atoms with Crippen molar-refractivity contribution in [2.75, 3.05) is 6.61 Å². The fourth-order valence-electron chi connectivity index (χ4n) is 1.54. The summed E-state index contributed by atoms with van der Waals surface area (Å²) in [7, 11) is 0. The molecule has 1 N–H and O–H groups in total. The van der Waals surface area contributed by atoms with E-state index in [1.54, 1.807) is 19.1 Å². The van der Waals surface area contributed by atoms with Gasteiger partial charge in [0.15, 0.2) is 0 Å². The van der Waals surface area contributed by atoms with Gasteiger partial charge < -0.3 is 10.1 Å². The summed E-state index contributed by atoms with van der Waals surface area (Å²) >= 11 is 5.78. The molecule has 4 nitrogen and oxygen atoms in total. The molecule has 5 heteroatoms. The molecule has 0 fully saturated rings. The van der Waals surface area contributed by atoms with E-state index in [1.807, 2.05) is 12.1 Å². The summed E-state index contributed by atoms with van der Waals surface area (Å²) in [5, 5.41) is 3.21. The summed E-state index contributed by atoms with van der Waals surface area (Å²) in [6, 6.07) is 6.45. The molecule has 0 spiro atoms. The van der Waals surface area contributed by atoms with Crippen LogP contribution in [0, 0.1) is 0 Å². The molecule has 0 saturated heterocycles. The normalized spacial score (nSPS) is 11.7. The van der Waals surface area contributed by atoms with Gasteiger partial charge in [-0.3, -0.25) is 4.79 Å². The van der Waals surface area contributed by atoms with Crippen LogP contribution < -0.4 is 5.32 Å². The maximum absolute atomic E-state index is 11.7. The highest BCUT2D eigenvalue weighted by molar-refractivity contribution is 6.30. The number of halogens is 1.